The van der Waals surface area contributed by atoms with E-state index < -0.39 is 0 Å². The van der Waals surface area contributed by atoms with Crippen molar-refractivity contribution in [2.45, 2.75) is 48.4 Å². The van der Waals surface area contributed by atoms with E-state index in [-0.39, 0.29) is 4.75 Å². The van der Waals surface area contributed by atoms with Crippen molar-refractivity contribution in [3.05, 3.63) is 47.3 Å². The molecule has 4 heteroatoms. The van der Waals surface area contributed by atoms with Crippen LogP contribution in [0, 0.1) is 6.92 Å². The molecule has 1 aromatic carbocycles. The summed E-state index contributed by atoms with van der Waals surface area (Å²) in [5.41, 5.74) is 3.80. The number of aromatic nitrogens is 2. The third kappa shape index (κ3) is 3.43. The second-order valence-electron chi connectivity index (χ2n) is 6.39. The molecule has 0 amide bonds. The van der Waals surface area contributed by atoms with Gasteiger partial charge in [0.15, 0.2) is 0 Å². The van der Waals surface area contributed by atoms with Gasteiger partial charge in [-0.05, 0) is 12.5 Å². The molecule has 0 saturated heterocycles. The molecule has 0 aliphatic carbocycles. The van der Waals surface area contributed by atoms with Gasteiger partial charge >= 0.3 is 0 Å². The van der Waals surface area contributed by atoms with E-state index in [2.05, 4.69) is 52.0 Å². The third-order valence-electron chi connectivity index (χ3n) is 3.32. The topological polar surface area (TPSA) is 25.8 Å². The molecular formula is C17H20N2S2. The Morgan fingerprint density at radius 2 is 2.10 bits per heavy atom. The number of rotatable bonds is 2. The number of thioether (sulfide) groups is 2. The van der Waals surface area contributed by atoms with E-state index in [1.807, 2.05) is 18.0 Å². The van der Waals surface area contributed by atoms with Crippen LogP contribution in [0.25, 0.3) is 0 Å². The smallest absolute Gasteiger partial charge is 0.120 e. The van der Waals surface area contributed by atoms with Gasteiger partial charge in [-0.15, -0.1) is 11.8 Å². The molecule has 1 aliphatic heterocycles. The Balaban J connectivity index is 1.90. The quantitative estimate of drug-likeness (QED) is 0.735. The highest BCUT2D eigenvalue weighted by atomic mass is 32.2. The molecule has 0 saturated carbocycles. The van der Waals surface area contributed by atoms with Gasteiger partial charge in [-0.2, -0.15) is 0 Å². The summed E-state index contributed by atoms with van der Waals surface area (Å²) in [7, 11) is 0. The number of hydrogen-bond acceptors (Lipinski definition) is 4. The number of hydrogen-bond donors (Lipinski definition) is 0. The number of benzene rings is 1. The lowest BCUT2D eigenvalue weighted by Gasteiger charge is -2.17. The Hall–Kier alpha value is -1.00. The summed E-state index contributed by atoms with van der Waals surface area (Å²) in [6.45, 7) is 8.75. The second-order valence-corrected chi connectivity index (χ2v) is 9.25. The van der Waals surface area contributed by atoms with Gasteiger partial charge in [-0.3, -0.25) is 4.98 Å². The molecule has 0 bridgehead atoms. The summed E-state index contributed by atoms with van der Waals surface area (Å²) < 4.78 is 0.169. The van der Waals surface area contributed by atoms with E-state index in [0.29, 0.717) is 5.92 Å². The summed E-state index contributed by atoms with van der Waals surface area (Å²) in [5, 5.41) is 2.13. The van der Waals surface area contributed by atoms with Crippen LogP contribution in [0.2, 0.25) is 0 Å². The second kappa shape index (κ2) is 5.65. The van der Waals surface area contributed by atoms with Crippen molar-refractivity contribution in [1.29, 1.82) is 0 Å². The van der Waals surface area contributed by atoms with Crippen molar-refractivity contribution in [1.82, 2.24) is 9.97 Å². The minimum absolute atomic E-state index is 0.169. The highest BCUT2D eigenvalue weighted by molar-refractivity contribution is 8.00. The van der Waals surface area contributed by atoms with Crippen molar-refractivity contribution in [2.75, 3.05) is 5.75 Å². The monoisotopic (exact) mass is 316 g/mol. The maximum atomic E-state index is 4.80. The highest BCUT2D eigenvalue weighted by Crippen LogP contribution is 2.42. The first-order chi connectivity index (χ1) is 9.92. The van der Waals surface area contributed by atoms with Gasteiger partial charge in [0.25, 0.3) is 0 Å². The van der Waals surface area contributed by atoms with E-state index in [9.17, 15) is 0 Å². The molecule has 0 fully saturated rings. The zero-order valence-corrected chi connectivity index (χ0v) is 14.5. The SMILES string of the molecule is Cc1cccc(C2CSc3nc(SC(C)(C)C)cnc32)c1. The average Bonchev–Trinajstić information content (AvgIpc) is 2.79. The van der Waals surface area contributed by atoms with Crippen LogP contribution in [-0.2, 0) is 0 Å². The van der Waals surface area contributed by atoms with Crippen LogP contribution in [0.15, 0.2) is 40.5 Å². The van der Waals surface area contributed by atoms with Gasteiger partial charge in [0.05, 0.1) is 11.9 Å². The van der Waals surface area contributed by atoms with Gasteiger partial charge in [0, 0.05) is 16.4 Å². The molecule has 2 heterocycles. The first kappa shape index (κ1) is 14.9. The van der Waals surface area contributed by atoms with Crippen LogP contribution in [0.4, 0.5) is 0 Å². The molecule has 2 nitrogen and oxygen atoms in total. The fourth-order valence-electron chi connectivity index (χ4n) is 2.46. The Bertz CT molecular complexity index is 662. The number of aryl methyl sites for hydroxylation is 1. The minimum Gasteiger partial charge on any atom is -0.255 e. The van der Waals surface area contributed by atoms with Crippen LogP contribution in [0.1, 0.15) is 43.5 Å². The molecule has 0 N–H and O–H groups in total. The van der Waals surface area contributed by atoms with Crippen molar-refractivity contribution < 1.29 is 0 Å². The lowest BCUT2D eigenvalue weighted by Crippen LogP contribution is -2.08. The standard InChI is InChI=1S/C17H20N2S2/c1-11-6-5-7-12(8-11)13-10-20-16-15(13)18-9-14(19-16)21-17(2,3)4/h5-9,13H,10H2,1-4H3. The molecular weight excluding hydrogens is 296 g/mol. The van der Waals surface area contributed by atoms with E-state index in [1.165, 1.54) is 11.1 Å². The third-order valence-corrected chi connectivity index (χ3v) is 5.41. The molecule has 0 radical (unpaired) electrons. The predicted octanol–water partition coefficient (Wildman–Crippen LogP) is 4.91. The molecule has 21 heavy (non-hydrogen) atoms. The van der Waals surface area contributed by atoms with Crippen molar-refractivity contribution in [2.24, 2.45) is 0 Å². The first-order valence-corrected chi connectivity index (χ1v) is 8.98. The van der Waals surface area contributed by atoms with Gasteiger partial charge in [-0.25, -0.2) is 4.98 Å². The molecule has 1 unspecified atom stereocenters. The lowest BCUT2D eigenvalue weighted by atomic mass is 9.97. The predicted molar refractivity (Wildman–Crippen MR) is 91.4 cm³/mol. The fraction of sp³-hybridized carbons (Fsp3) is 0.412. The maximum absolute atomic E-state index is 4.80. The Kier molecular flexibility index (Phi) is 4.02. The van der Waals surface area contributed by atoms with Gasteiger partial charge in [0.2, 0.25) is 0 Å². The molecule has 1 atom stereocenters. The van der Waals surface area contributed by atoms with Gasteiger partial charge in [0.1, 0.15) is 10.1 Å². The summed E-state index contributed by atoms with van der Waals surface area (Å²) in [5.74, 6) is 1.42. The van der Waals surface area contributed by atoms with Crippen molar-refractivity contribution >= 4 is 23.5 Å². The van der Waals surface area contributed by atoms with Gasteiger partial charge < -0.3 is 0 Å². The Labute approximate surface area is 135 Å². The van der Waals surface area contributed by atoms with Crippen LogP contribution in [0.5, 0.6) is 0 Å². The summed E-state index contributed by atoms with van der Waals surface area (Å²) in [6, 6.07) is 8.73. The fourth-order valence-corrected chi connectivity index (χ4v) is 4.56. The van der Waals surface area contributed by atoms with Crippen molar-refractivity contribution in [3.8, 4) is 0 Å². The zero-order valence-electron chi connectivity index (χ0n) is 12.9. The number of nitrogens with zero attached hydrogens (tertiary/aromatic N) is 2. The van der Waals surface area contributed by atoms with Crippen LogP contribution in [-0.4, -0.2) is 20.5 Å². The Morgan fingerprint density at radius 1 is 1.29 bits per heavy atom. The lowest BCUT2D eigenvalue weighted by molar-refractivity contribution is 0.782. The summed E-state index contributed by atoms with van der Waals surface area (Å²) in [4.78, 5) is 9.53. The van der Waals surface area contributed by atoms with E-state index in [1.54, 1.807) is 11.8 Å². The van der Waals surface area contributed by atoms with E-state index in [4.69, 9.17) is 9.97 Å². The van der Waals surface area contributed by atoms with Gasteiger partial charge in [-0.1, -0.05) is 62.4 Å². The summed E-state index contributed by atoms with van der Waals surface area (Å²) in [6.07, 6.45) is 1.93. The minimum atomic E-state index is 0.169. The molecule has 2 aromatic rings. The maximum Gasteiger partial charge on any atom is 0.120 e. The molecule has 110 valence electrons. The Morgan fingerprint density at radius 3 is 2.81 bits per heavy atom. The van der Waals surface area contributed by atoms with E-state index in [0.717, 1.165) is 21.5 Å². The first-order valence-electron chi connectivity index (χ1n) is 7.18. The van der Waals surface area contributed by atoms with E-state index >= 15 is 0 Å². The molecule has 1 aromatic heterocycles. The normalized spacial score (nSPS) is 17.8. The van der Waals surface area contributed by atoms with Crippen LogP contribution >= 0.6 is 23.5 Å². The number of fused-ring (bicyclic) bond motifs is 1. The molecule has 0 spiro atoms. The molecule has 1 aliphatic rings. The van der Waals surface area contributed by atoms with Crippen molar-refractivity contribution in [3.63, 3.8) is 0 Å². The van der Waals surface area contributed by atoms with Crippen LogP contribution < -0.4 is 0 Å². The van der Waals surface area contributed by atoms with Crippen LogP contribution in [0.3, 0.4) is 0 Å². The largest absolute Gasteiger partial charge is 0.255 e. The highest BCUT2D eigenvalue weighted by Gasteiger charge is 2.28. The summed E-state index contributed by atoms with van der Waals surface area (Å²) >= 11 is 3.61. The zero-order chi connectivity index (χ0) is 15.0. The average molecular weight is 316 g/mol. The molecule has 3 rings (SSSR count).